The molecule has 0 radical (unpaired) electrons. The Hall–Kier alpha value is -2.94. The fraction of sp³-hybridized carbons (Fsp3) is 0. The van der Waals surface area contributed by atoms with E-state index in [4.69, 9.17) is 4.74 Å². The molecule has 0 atom stereocenters. The number of aromatic nitrogens is 2. The van der Waals surface area contributed by atoms with E-state index in [0.29, 0.717) is 5.88 Å². The van der Waals surface area contributed by atoms with Gasteiger partial charge in [0, 0.05) is 24.0 Å². The highest BCUT2D eigenvalue weighted by Gasteiger charge is 2.07. The van der Waals surface area contributed by atoms with E-state index >= 15 is 0 Å². The Bertz CT molecular complexity index is 920. The smallest absolute Gasteiger partial charge is 0.227 e. The van der Waals surface area contributed by atoms with Crippen molar-refractivity contribution < 1.29 is 4.74 Å². The first-order valence-electron chi connectivity index (χ1n) is 6.76. The third-order valence-corrected chi connectivity index (χ3v) is 3.50. The highest BCUT2D eigenvalue weighted by atomic mass is 16.5. The van der Waals surface area contributed by atoms with Crippen molar-refractivity contribution in [3.8, 4) is 11.6 Å². The van der Waals surface area contributed by atoms with Gasteiger partial charge in [0.1, 0.15) is 5.75 Å². The van der Waals surface area contributed by atoms with Crippen LogP contribution < -0.4 is 4.74 Å². The number of ether oxygens (including phenoxy) is 1. The van der Waals surface area contributed by atoms with Gasteiger partial charge in [-0.05, 0) is 40.4 Å². The van der Waals surface area contributed by atoms with Crippen molar-refractivity contribution in [1.29, 1.82) is 0 Å². The van der Waals surface area contributed by atoms with Gasteiger partial charge in [0.15, 0.2) is 0 Å². The first kappa shape index (κ1) is 11.9. The molecule has 0 fully saturated rings. The van der Waals surface area contributed by atoms with Crippen LogP contribution >= 0.6 is 0 Å². The molecule has 0 spiro atoms. The molecular weight excluding hydrogens is 260 g/mol. The van der Waals surface area contributed by atoms with Crippen LogP contribution in [-0.2, 0) is 0 Å². The number of pyridine rings is 2. The van der Waals surface area contributed by atoms with Crippen LogP contribution in [0.4, 0.5) is 0 Å². The lowest BCUT2D eigenvalue weighted by Gasteiger charge is -2.09. The predicted octanol–water partition coefficient (Wildman–Crippen LogP) is 4.58. The lowest BCUT2D eigenvalue weighted by atomic mass is 10.0. The molecule has 0 aliphatic rings. The van der Waals surface area contributed by atoms with E-state index in [-0.39, 0.29) is 0 Å². The second-order valence-electron chi connectivity index (χ2n) is 4.78. The van der Waals surface area contributed by atoms with Crippen LogP contribution in [0.25, 0.3) is 21.5 Å². The summed E-state index contributed by atoms with van der Waals surface area (Å²) >= 11 is 0. The van der Waals surface area contributed by atoms with Crippen LogP contribution in [0.3, 0.4) is 0 Å². The van der Waals surface area contributed by atoms with E-state index in [1.165, 1.54) is 10.8 Å². The monoisotopic (exact) mass is 272 g/mol. The molecule has 0 amide bonds. The molecule has 4 aromatic rings. The topological polar surface area (TPSA) is 35.0 Å². The number of nitrogens with zero attached hydrogens (tertiary/aromatic N) is 2. The van der Waals surface area contributed by atoms with Gasteiger partial charge in [-0.2, -0.15) is 0 Å². The highest BCUT2D eigenvalue weighted by Crippen LogP contribution is 2.32. The van der Waals surface area contributed by atoms with Gasteiger partial charge in [-0.15, -0.1) is 0 Å². The van der Waals surface area contributed by atoms with Gasteiger partial charge < -0.3 is 4.74 Å². The van der Waals surface area contributed by atoms with Crippen molar-refractivity contribution in [2.24, 2.45) is 0 Å². The van der Waals surface area contributed by atoms with E-state index < -0.39 is 0 Å². The Morgan fingerprint density at radius 3 is 2.43 bits per heavy atom. The van der Waals surface area contributed by atoms with Crippen LogP contribution in [0.1, 0.15) is 0 Å². The summed E-state index contributed by atoms with van der Waals surface area (Å²) in [6, 6.07) is 18.1. The van der Waals surface area contributed by atoms with Gasteiger partial charge in [0.2, 0.25) is 5.88 Å². The number of benzene rings is 2. The summed E-state index contributed by atoms with van der Waals surface area (Å²) in [5.74, 6) is 1.35. The number of rotatable bonds is 2. The van der Waals surface area contributed by atoms with Crippen molar-refractivity contribution in [1.82, 2.24) is 9.97 Å². The normalized spacial score (nSPS) is 10.9. The first-order chi connectivity index (χ1) is 10.4. The van der Waals surface area contributed by atoms with Crippen LogP contribution in [0.15, 0.2) is 73.2 Å². The molecule has 2 heterocycles. The molecule has 21 heavy (non-hydrogen) atoms. The summed E-state index contributed by atoms with van der Waals surface area (Å²) in [4.78, 5) is 8.36. The molecule has 0 unspecified atom stereocenters. The lowest BCUT2D eigenvalue weighted by Crippen LogP contribution is -1.90. The molecule has 0 bridgehead atoms. The van der Waals surface area contributed by atoms with E-state index in [2.05, 4.69) is 34.2 Å². The van der Waals surface area contributed by atoms with E-state index in [0.717, 1.165) is 16.5 Å². The van der Waals surface area contributed by atoms with Gasteiger partial charge in [-0.3, -0.25) is 4.98 Å². The van der Waals surface area contributed by atoms with Crippen LogP contribution in [0.2, 0.25) is 0 Å². The van der Waals surface area contributed by atoms with Gasteiger partial charge in [0.05, 0.1) is 0 Å². The Morgan fingerprint density at radius 2 is 1.52 bits per heavy atom. The lowest BCUT2D eigenvalue weighted by molar-refractivity contribution is 0.468. The summed E-state index contributed by atoms with van der Waals surface area (Å²) in [5.41, 5.74) is 0. The largest absolute Gasteiger partial charge is 0.438 e. The molecule has 2 aromatic heterocycles. The van der Waals surface area contributed by atoms with Gasteiger partial charge in [-0.1, -0.05) is 30.3 Å². The van der Waals surface area contributed by atoms with Crippen molar-refractivity contribution in [2.75, 3.05) is 0 Å². The van der Waals surface area contributed by atoms with Crippen molar-refractivity contribution in [2.45, 2.75) is 0 Å². The molecule has 0 aliphatic heterocycles. The maximum absolute atomic E-state index is 5.89. The molecule has 2 aromatic carbocycles. The first-order valence-corrected chi connectivity index (χ1v) is 6.76. The summed E-state index contributed by atoms with van der Waals surface area (Å²) in [7, 11) is 0. The zero-order chi connectivity index (χ0) is 14.1. The minimum absolute atomic E-state index is 0.615. The van der Waals surface area contributed by atoms with Gasteiger partial charge in [-0.25, -0.2) is 4.98 Å². The fourth-order valence-corrected chi connectivity index (χ4v) is 2.51. The summed E-state index contributed by atoms with van der Waals surface area (Å²) in [6.45, 7) is 0. The molecule has 4 rings (SSSR count). The Balaban J connectivity index is 1.92. The molecule has 0 N–H and O–H groups in total. The van der Waals surface area contributed by atoms with Crippen LogP contribution in [-0.4, -0.2) is 9.97 Å². The standard InChI is InChI=1S/C18H12N2O/c1-2-4-15-13(3-1)5-6-17-16(15)9-12-20-18(17)21-14-7-10-19-11-8-14/h1-12H. The predicted molar refractivity (Wildman–Crippen MR) is 83.6 cm³/mol. The molecule has 0 saturated carbocycles. The minimum Gasteiger partial charge on any atom is -0.438 e. The fourth-order valence-electron chi connectivity index (χ4n) is 2.51. The molecule has 3 heteroatoms. The number of hydrogen-bond acceptors (Lipinski definition) is 3. The summed E-state index contributed by atoms with van der Waals surface area (Å²) in [6.07, 6.45) is 5.19. The van der Waals surface area contributed by atoms with E-state index in [9.17, 15) is 0 Å². The van der Waals surface area contributed by atoms with Gasteiger partial charge >= 0.3 is 0 Å². The average molecular weight is 272 g/mol. The van der Waals surface area contributed by atoms with E-state index in [1.54, 1.807) is 18.6 Å². The minimum atomic E-state index is 0.615. The third kappa shape index (κ3) is 2.09. The second kappa shape index (κ2) is 4.87. The van der Waals surface area contributed by atoms with Crippen LogP contribution in [0, 0.1) is 0 Å². The second-order valence-corrected chi connectivity index (χ2v) is 4.78. The Kier molecular flexibility index (Phi) is 2.75. The molecular formula is C18H12N2O. The van der Waals surface area contributed by atoms with E-state index in [1.807, 2.05) is 30.3 Å². The number of fused-ring (bicyclic) bond motifs is 3. The zero-order valence-electron chi connectivity index (χ0n) is 11.2. The quantitative estimate of drug-likeness (QED) is 0.501. The number of hydrogen-bond donors (Lipinski definition) is 0. The Morgan fingerprint density at radius 1 is 0.667 bits per heavy atom. The molecule has 100 valence electrons. The summed E-state index contributed by atoms with van der Waals surface area (Å²) in [5, 5.41) is 4.57. The molecule has 0 aliphatic carbocycles. The summed E-state index contributed by atoms with van der Waals surface area (Å²) < 4.78 is 5.89. The van der Waals surface area contributed by atoms with Crippen molar-refractivity contribution >= 4 is 21.5 Å². The zero-order valence-corrected chi connectivity index (χ0v) is 11.2. The van der Waals surface area contributed by atoms with Crippen molar-refractivity contribution in [3.05, 3.63) is 73.2 Å². The van der Waals surface area contributed by atoms with Crippen molar-refractivity contribution in [3.63, 3.8) is 0 Å². The third-order valence-electron chi connectivity index (χ3n) is 3.50. The average Bonchev–Trinajstić information content (AvgIpc) is 2.56. The molecule has 3 nitrogen and oxygen atoms in total. The maximum atomic E-state index is 5.89. The maximum Gasteiger partial charge on any atom is 0.227 e. The Labute approximate surface area is 121 Å². The SMILES string of the molecule is c1ccc2c(c1)ccc1c(Oc3ccncc3)nccc12. The van der Waals surface area contributed by atoms with Crippen LogP contribution in [0.5, 0.6) is 11.6 Å². The highest BCUT2D eigenvalue weighted by molar-refractivity contribution is 6.08. The molecule has 0 saturated heterocycles. The van der Waals surface area contributed by atoms with Gasteiger partial charge in [0.25, 0.3) is 0 Å².